The van der Waals surface area contributed by atoms with Gasteiger partial charge in [0, 0.05) is 12.5 Å². The number of hydrogen-bond donors (Lipinski definition) is 2. The lowest BCUT2D eigenvalue weighted by Crippen LogP contribution is -2.47. The second-order valence-corrected chi connectivity index (χ2v) is 7.83. The number of rotatable bonds is 7. The summed E-state index contributed by atoms with van der Waals surface area (Å²) in [5, 5.41) is 7.51. The second kappa shape index (κ2) is 9.62. The van der Waals surface area contributed by atoms with E-state index < -0.39 is 6.04 Å². The average Bonchev–Trinajstić information content (AvgIpc) is 2.97. The molecule has 2 aliphatic rings. The minimum Gasteiger partial charge on any atom is -0.350 e. The Balaban J connectivity index is 0.00000243. The van der Waals surface area contributed by atoms with Gasteiger partial charge < -0.3 is 16.0 Å². The van der Waals surface area contributed by atoms with Crippen LogP contribution in [0.15, 0.2) is 6.07 Å². The van der Waals surface area contributed by atoms with Crippen molar-refractivity contribution >= 4 is 36.0 Å². The molecule has 0 radical (unpaired) electrons. The van der Waals surface area contributed by atoms with E-state index in [0.29, 0.717) is 32.6 Å². The summed E-state index contributed by atoms with van der Waals surface area (Å²) < 4.78 is 1.93. The molecule has 0 saturated heterocycles. The largest absolute Gasteiger partial charge is 0.350 e. The maximum absolute atomic E-state index is 12.5. The quantitative estimate of drug-likeness (QED) is 0.714. The van der Waals surface area contributed by atoms with Crippen LogP contribution in [0.3, 0.4) is 0 Å². The number of nitrogens with two attached hydrogens (primary N) is 1. The van der Waals surface area contributed by atoms with Gasteiger partial charge in [-0.1, -0.05) is 6.42 Å². The first-order valence-electron chi connectivity index (χ1n) is 8.95. The molecular formula is C17H28ClN5O2S. The Morgan fingerprint density at radius 3 is 2.85 bits per heavy atom. The van der Waals surface area contributed by atoms with Crippen LogP contribution in [0.1, 0.15) is 37.1 Å². The van der Waals surface area contributed by atoms with Gasteiger partial charge in [-0.3, -0.25) is 14.3 Å². The number of nitrogens with one attached hydrogen (secondary N) is 1. The number of carbonyl (C=O) groups is 2. The number of aromatic nitrogens is 2. The van der Waals surface area contributed by atoms with Gasteiger partial charge in [0.15, 0.2) is 0 Å². The highest BCUT2D eigenvalue weighted by atomic mass is 35.5. The topological polar surface area (TPSA) is 93.2 Å². The lowest BCUT2D eigenvalue weighted by molar-refractivity contribution is -0.134. The van der Waals surface area contributed by atoms with E-state index in [1.54, 1.807) is 11.8 Å². The van der Waals surface area contributed by atoms with Crippen LogP contribution in [0.2, 0.25) is 0 Å². The van der Waals surface area contributed by atoms with Gasteiger partial charge in [-0.2, -0.15) is 16.9 Å². The van der Waals surface area contributed by atoms with Gasteiger partial charge in [0.2, 0.25) is 11.8 Å². The van der Waals surface area contributed by atoms with E-state index in [-0.39, 0.29) is 30.1 Å². The lowest BCUT2D eigenvalue weighted by atomic mass is 9.85. The zero-order valence-corrected chi connectivity index (χ0v) is 16.8. The van der Waals surface area contributed by atoms with Crippen molar-refractivity contribution in [2.75, 3.05) is 18.6 Å². The van der Waals surface area contributed by atoms with Crippen molar-refractivity contribution in [3.8, 4) is 0 Å². The van der Waals surface area contributed by atoms with Crippen LogP contribution < -0.4 is 11.1 Å². The predicted molar refractivity (Wildman–Crippen MR) is 105 cm³/mol. The maximum atomic E-state index is 12.5. The number of thioether (sulfide) groups is 1. The van der Waals surface area contributed by atoms with Crippen LogP contribution in [0.5, 0.6) is 0 Å². The van der Waals surface area contributed by atoms with Crippen molar-refractivity contribution in [2.24, 2.45) is 11.7 Å². The van der Waals surface area contributed by atoms with Gasteiger partial charge >= 0.3 is 0 Å². The van der Waals surface area contributed by atoms with Crippen molar-refractivity contribution in [1.82, 2.24) is 20.0 Å². The second-order valence-electron chi connectivity index (χ2n) is 6.84. The van der Waals surface area contributed by atoms with Crippen molar-refractivity contribution in [3.05, 3.63) is 17.5 Å². The summed E-state index contributed by atoms with van der Waals surface area (Å²) in [6.07, 6.45) is 5.87. The van der Waals surface area contributed by atoms with E-state index in [1.165, 1.54) is 0 Å². The Bertz CT molecular complexity index is 635. The van der Waals surface area contributed by atoms with E-state index >= 15 is 0 Å². The molecular weight excluding hydrogens is 374 g/mol. The van der Waals surface area contributed by atoms with Gasteiger partial charge in [-0.15, -0.1) is 12.4 Å². The predicted octanol–water partition coefficient (Wildman–Crippen LogP) is 1.14. The van der Waals surface area contributed by atoms with Gasteiger partial charge in [0.1, 0.15) is 0 Å². The molecule has 1 saturated carbocycles. The molecule has 0 aromatic carbocycles. The number of hydrogen-bond acceptors (Lipinski definition) is 5. The molecule has 1 aromatic heterocycles. The van der Waals surface area contributed by atoms with Crippen LogP contribution in [0, 0.1) is 5.92 Å². The third kappa shape index (κ3) is 4.92. The minimum absolute atomic E-state index is 0. The highest BCUT2D eigenvalue weighted by Crippen LogP contribution is 2.26. The van der Waals surface area contributed by atoms with Gasteiger partial charge in [-0.05, 0) is 37.3 Å². The summed E-state index contributed by atoms with van der Waals surface area (Å²) in [6.45, 7) is 2.30. The monoisotopic (exact) mass is 401 g/mol. The zero-order valence-electron chi connectivity index (χ0n) is 15.1. The summed E-state index contributed by atoms with van der Waals surface area (Å²) in [7, 11) is 0. The van der Waals surface area contributed by atoms with E-state index in [2.05, 4.69) is 10.4 Å². The molecule has 0 spiro atoms. The van der Waals surface area contributed by atoms with Crippen LogP contribution in [0.25, 0.3) is 0 Å². The number of carbonyl (C=O) groups excluding carboxylic acids is 2. The molecule has 2 amide bonds. The standard InChI is InChI=1S/C17H27N5O2S.ClH/c1-25-8-5-15(18)17(24)21-6-7-22-14(11-21)9-13(20-22)10-19-16(23)12-3-2-4-12;/h9,12,15H,2-8,10-11,18H2,1H3,(H,19,23);1H/t15-;/m1./s1. The summed E-state index contributed by atoms with van der Waals surface area (Å²) in [4.78, 5) is 26.2. The molecule has 0 bridgehead atoms. The number of nitrogens with zero attached hydrogens (tertiary/aromatic N) is 3. The first-order valence-corrected chi connectivity index (χ1v) is 10.3. The first-order chi connectivity index (χ1) is 12.1. The van der Waals surface area contributed by atoms with E-state index in [4.69, 9.17) is 5.73 Å². The molecule has 1 fully saturated rings. The fraction of sp³-hybridized carbons (Fsp3) is 0.706. The molecule has 1 aliphatic carbocycles. The van der Waals surface area contributed by atoms with E-state index in [1.807, 2.05) is 21.9 Å². The highest BCUT2D eigenvalue weighted by molar-refractivity contribution is 7.98. The smallest absolute Gasteiger partial charge is 0.239 e. The molecule has 7 nitrogen and oxygen atoms in total. The van der Waals surface area contributed by atoms with Crippen LogP contribution in [0.4, 0.5) is 0 Å². The van der Waals surface area contributed by atoms with Crippen molar-refractivity contribution in [2.45, 2.75) is 51.4 Å². The zero-order chi connectivity index (χ0) is 17.8. The Labute approximate surface area is 164 Å². The maximum Gasteiger partial charge on any atom is 0.239 e. The molecule has 146 valence electrons. The third-order valence-corrected chi connectivity index (χ3v) is 5.67. The van der Waals surface area contributed by atoms with Gasteiger partial charge in [-0.25, -0.2) is 0 Å². The fourth-order valence-electron chi connectivity index (χ4n) is 3.20. The molecule has 26 heavy (non-hydrogen) atoms. The molecule has 3 rings (SSSR count). The summed E-state index contributed by atoms with van der Waals surface area (Å²) in [6, 6.07) is 1.55. The average molecular weight is 402 g/mol. The third-order valence-electron chi connectivity index (χ3n) is 5.03. The van der Waals surface area contributed by atoms with Crippen LogP contribution in [-0.4, -0.2) is 51.1 Å². The lowest BCUT2D eigenvalue weighted by Gasteiger charge is -2.29. The number of amides is 2. The van der Waals surface area contributed by atoms with Crippen molar-refractivity contribution in [3.63, 3.8) is 0 Å². The molecule has 2 heterocycles. The highest BCUT2D eigenvalue weighted by Gasteiger charge is 2.27. The molecule has 3 N–H and O–H groups in total. The van der Waals surface area contributed by atoms with Crippen molar-refractivity contribution in [1.29, 1.82) is 0 Å². The van der Waals surface area contributed by atoms with Crippen LogP contribution >= 0.6 is 24.2 Å². The minimum atomic E-state index is -0.428. The Hall–Kier alpha value is -1.25. The number of fused-ring (bicyclic) bond motifs is 1. The molecule has 1 atom stereocenters. The van der Waals surface area contributed by atoms with Gasteiger partial charge in [0.05, 0.1) is 37.1 Å². The summed E-state index contributed by atoms with van der Waals surface area (Å²) in [5.74, 6) is 1.23. The van der Waals surface area contributed by atoms with Gasteiger partial charge in [0.25, 0.3) is 0 Å². The summed E-state index contributed by atoms with van der Waals surface area (Å²) in [5.41, 5.74) is 7.87. The Kier molecular flexibility index (Phi) is 7.79. The Morgan fingerprint density at radius 2 is 2.19 bits per heavy atom. The molecule has 0 unspecified atom stereocenters. The molecule has 9 heteroatoms. The molecule has 1 aliphatic heterocycles. The SMILES string of the molecule is CSCC[C@@H](N)C(=O)N1CCn2nc(CNC(=O)C3CCC3)cc2C1.Cl. The van der Waals surface area contributed by atoms with Crippen LogP contribution in [-0.2, 0) is 29.2 Å². The first kappa shape index (κ1) is 21.1. The fourth-order valence-corrected chi connectivity index (χ4v) is 3.69. The molecule has 1 aromatic rings. The summed E-state index contributed by atoms with van der Waals surface area (Å²) >= 11 is 1.70. The Morgan fingerprint density at radius 1 is 1.42 bits per heavy atom. The normalized spacial score (nSPS) is 17.7. The number of halogens is 1. The van der Waals surface area contributed by atoms with E-state index in [9.17, 15) is 9.59 Å². The van der Waals surface area contributed by atoms with E-state index in [0.717, 1.165) is 36.4 Å². The van der Waals surface area contributed by atoms with Crippen molar-refractivity contribution < 1.29 is 9.59 Å².